The van der Waals surface area contributed by atoms with Crippen molar-refractivity contribution >= 4 is 29.1 Å². The number of carbonyl (C=O) groups is 1. The maximum atomic E-state index is 12.8. The molecule has 0 bridgehead atoms. The van der Waals surface area contributed by atoms with Gasteiger partial charge in [-0.2, -0.15) is 13.2 Å². The lowest BCUT2D eigenvalue weighted by molar-refractivity contribution is -0.138. The van der Waals surface area contributed by atoms with Crippen molar-refractivity contribution in [1.82, 2.24) is 4.98 Å². The predicted octanol–water partition coefficient (Wildman–Crippen LogP) is 6.67. The first-order valence-corrected chi connectivity index (χ1v) is 10.9. The number of thioether (sulfide) groups is 1. The molecule has 0 fully saturated rings. The highest BCUT2D eigenvalue weighted by Gasteiger charge is 2.30. The number of thiazole rings is 1. The third-order valence-corrected chi connectivity index (χ3v) is 7.26. The van der Waals surface area contributed by atoms with Crippen LogP contribution in [0.15, 0.2) is 41.3 Å². The van der Waals surface area contributed by atoms with Crippen molar-refractivity contribution in [2.75, 3.05) is 0 Å². The van der Waals surface area contributed by atoms with Gasteiger partial charge in [0.05, 0.1) is 17.7 Å². The molecule has 1 heterocycles. The van der Waals surface area contributed by atoms with Crippen LogP contribution in [0.25, 0.3) is 10.6 Å². The highest BCUT2D eigenvalue weighted by molar-refractivity contribution is 7.98. The van der Waals surface area contributed by atoms with Crippen LogP contribution in [0.2, 0.25) is 0 Å². The van der Waals surface area contributed by atoms with Crippen LogP contribution in [0.3, 0.4) is 0 Å². The van der Waals surface area contributed by atoms with Crippen LogP contribution in [0.4, 0.5) is 13.2 Å². The molecule has 3 nitrogen and oxygen atoms in total. The molecule has 1 aromatic heterocycles. The minimum Gasteiger partial charge on any atom is -0.481 e. The van der Waals surface area contributed by atoms with Gasteiger partial charge in [0.25, 0.3) is 0 Å². The van der Waals surface area contributed by atoms with Crippen LogP contribution in [-0.2, 0) is 23.1 Å². The summed E-state index contributed by atoms with van der Waals surface area (Å²) in [7, 11) is 0. The van der Waals surface area contributed by atoms with Crippen LogP contribution in [0, 0.1) is 20.8 Å². The van der Waals surface area contributed by atoms with Gasteiger partial charge in [0.2, 0.25) is 0 Å². The summed E-state index contributed by atoms with van der Waals surface area (Å²) >= 11 is 3.12. The second kappa shape index (κ2) is 8.81. The van der Waals surface area contributed by atoms with E-state index in [0.29, 0.717) is 16.3 Å². The van der Waals surface area contributed by atoms with Gasteiger partial charge in [0, 0.05) is 21.1 Å². The Morgan fingerprint density at radius 3 is 2.37 bits per heavy atom. The summed E-state index contributed by atoms with van der Waals surface area (Å²) in [5.74, 6) is -0.170. The van der Waals surface area contributed by atoms with Gasteiger partial charge in [-0.1, -0.05) is 18.2 Å². The number of carboxylic acid groups (broad SMARTS) is 1. The van der Waals surface area contributed by atoms with Gasteiger partial charge >= 0.3 is 12.1 Å². The average molecular weight is 452 g/mol. The Kier molecular flexibility index (Phi) is 6.57. The van der Waals surface area contributed by atoms with Gasteiger partial charge in [-0.05, 0) is 55.7 Å². The number of nitrogens with zero attached hydrogens (tertiary/aromatic N) is 1. The largest absolute Gasteiger partial charge is 0.481 e. The number of hydrogen-bond acceptors (Lipinski definition) is 4. The monoisotopic (exact) mass is 451 g/mol. The fraction of sp³-hybridized carbons (Fsp3) is 0.273. The van der Waals surface area contributed by atoms with E-state index in [4.69, 9.17) is 5.11 Å². The first kappa shape index (κ1) is 22.4. The van der Waals surface area contributed by atoms with Crippen molar-refractivity contribution < 1.29 is 23.1 Å². The maximum absolute atomic E-state index is 12.8. The number of carboxylic acids is 1. The number of alkyl halides is 3. The molecule has 8 heteroatoms. The quantitative estimate of drug-likeness (QED) is 0.425. The molecule has 0 radical (unpaired) electrons. The Bertz CT molecular complexity index is 1070. The molecule has 0 aliphatic rings. The summed E-state index contributed by atoms with van der Waals surface area (Å²) in [6.45, 7) is 5.76. The van der Waals surface area contributed by atoms with Gasteiger partial charge in [-0.15, -0.1) is 23.1 Å². The van der Waals surface area contributed by atoms with Crippen molar-refractivity contribution in [3.05, 3.63) is 69.2 Å². The Morgan fingerprint density at radius 1 is 1.10 bits per heavy atom. The van der Waals surface area contributed by atoms with Crippen molar-refractivity contribution in [3.63, 3.8) is 0 Å². The molecule has 30 heavy (non-hydrogen) atoms. The normalized spacial score (nSPS) is 11.7. The summed E-state index contributed by atoms with van der Waals surface area (Å²) in [4.78, 5) is 17.6. The second-order valence-electron chi connectivity index (χ2n) is 7.01. The molecule has 2 aromatic carbocycles. The van der Waals surface area contributed by atoms with E-state index in [0.717, 1.165) is 44.3 Å². The van der Waals surface area contributed by atoms with E-state index < -0.39 is 17.7 Å². The number of halogens is 3. The third-order valence-electron chi connectivity index (χ3n) is 4.69. The molecule has 0 amide bonds. The molecule has 0 saturated carbocycles. The molecular weight excluding hydrogens is 431 g/mol. The fourth-order valence-electron chi connectivity index (χ4n) is 2.99. The van der Waals surface area contributed by atoms with Crippen molar-refractivity contribution in [3.8, 4) is 10.6 Å². The first-order valence-electron chi connectivity index (χ1n) is 9.13. The van der Waals surface area contributed by atoms with Gasteiger partial charge in [0.15, 0.2) is 0 Å². The molecule has 0 unspecified atom stereocenters. The number of aliphatic carboxylic acids is 1. The zero-order valence-corrected chi connectivity index (χ0v) is 18.3. The second-order valence-corrected chi connectivity index (χ2v) is 9.11. The highest BCUT2D eigenvalue weighted by Crippen LogP contribution is 2.36. The summed E-state index contributed by atoms with van der Waals surface area (Å²) in [5.41, 5.74) is 3.62. The number of aryl methyl sites for hydroxylation is 3. The minimum atomic E-state index is -4.35. The lowest BCUT2D eigenvalue weighted by Crippen LogP contribution is -2.03. The van der Waals surface area contributed by atoms with E-state index in [1.54, 1.807) is 11.8 Å². The van der Waals surface area contributed by atoms with E-state index in [-0.39, 0.29) is 6.42 Å². The van der Waals surface area contributed by atoms with Crippen LogP contribution in [-0.4, -0.2) is 16.1 Å². The van der Waals surface area contributed by atoms with Crippen molar-refractivity contribution in [1.29, 1.82) is 0 Å². The molecule has 0 atom stereocenters. The molecule has 0 saturated heterocycles. The molecule has 0 spiro atoms. The van der Waals surface area contributed by atoms with Gasteiger partial charge in [-0.3, -0.25) is 4.79 Å². The summed E-state index contributed by atoms with van der Waals surface area (Å²) < 4.78 is 38.3. The third kappa shape index (κ3) is 5.23. The first-order chi connectivity index (χ1) is 14.0. The Labute approximate surface area is 181 Å². The van der Waals surface area contributed by atoms with E-state index in [9.17, 15) is 18.0 Å². The summed E-state index contributed by atoms with van der Waals surface area (Å²) in [5, 5.41) is 9.71. The summed E-state index contributed by atoms with van der Waals surface area (Å²) in [6, 6.07) is 8.97. The van der Waals surface area contributed by atoms with Crippen molar-refractivity contribution in [2.45, 2.75) is 44.0 Å². The SMILES string of the molecule is Cc1cc(SCc2sc(-c3ccc(C(F)(F)F)cc3)nc2C)c(C)cc1CC(=O)O. The molecule has 158 valence electrons. The molecule has 3 rings (SSSR count). The minimum absolute atomic E-state index is 0.00205. The van der Waals surface area contributed by atoms with Gasteiger partial charge < -0.3 is 5.11 Å². The standard InChI is InChI=1S/C22H20F3NO2S2/c1-12-9-18(13(2)8-16(12)10-20(27)28)29-11-19-14(3)26-21(30-19)15-4-6-17(7-5-15)22(23,24)25/h4-9H,10-11H2,1-3H3,(H,27,28). The maximum Gasteiger partial charge on any atom is 0.416 e. The fourth-order valence-corrected chi connectivity index (χ4v) is 5.31. The van der Waals surface area contributed by atoms with Gasteiger partial charge in [-0.25, -0.2) is 4.98 Å². The average Bonchev–Trinajstić information content (AvgIpc) is 3.03. The Hall–Kier alpha value is -2.32. The molecule has 3 aromatic rings. The zero-order chi connectivity index (χ0) is 22.1. The number of aromatic nitrogens is 1. The van der Waals surface area contributed by atoms with E-state index in [2.05, 4.69) is 4.98 Å². The van der Waals surface area contributed by atoms with Crippen LogP contribution >= 0.6 is 23.1 Å². The van der Waals surface area contributed by atoms with Gasteiger partial charge in [0.1, 0.15) is 5.01 Å². The zero-order valence-electron chi connectivity index (χ0n) is 16.6. The lowest BCUT2D eigenvalue weighted by atomic mass is 10.0. The number of rotatable bonds is 6. The topological polar surface area (TPSA) is 50.2 Å². The smallest absolute Gasteiger partial charge is 0.416 e. The molecule has 1 N–H and O–H groups in total. The van der Waals surface area contributed by atoms with E-state index in [1.807, 2.05) is 32.9 Å². The Balaban J connectivity index is 1.75. The molecule has 0 aliphatic carbocycles. The van der Waals surface area contributed by atoms with E-state index >= 15 is 0 Å². The Morgan fingerprint density at radius 2 is 1.77 bits per heavy atom. The van der Waals surface area contributed by atoms with Crippen molar-refractivity contribution in [2.24, 2.45) is 0 Å². The summed E-state index contributed by atoms with van der Waals surface area (Å²) in [6.07, 6.45) is -4.35. The highest BCUT2D eigenvalue weighted by atomic mass is 32.2. The molecular formula is C22H20F3NO2S2. The predicted molar refractivity (Wildman–Crippen MR) is 114 cm³/mol. The van der Waals surface area contributed by atoms with Crippen LogP contribution in [0.1, 0.15) is 32.8 Å². The lowest BCUT2D eigenvalue weighted by Gasteiger charge is -2.10. The van der Waals surface area contributed by atoms with E-state index in [1.165, 1.54) is 23.5 Å². The number of benzene rings is 2. The number of hydrogen-bond donors (Lipinski definition) is 1. The molecule has 0 aliphatic heterocycles. The van der Waals surface area contributed by atoms with Crippen LogP contribution in [0.5, 0.6) is 0 Å². The van der Waals surface area contributed by atoms with Crippen LogP contribution < -0.4 is 0 Å².